The lowest BCUT2D eigenvalue weighted by molar-refractivity contribution is 0.628. The molecule has 0 aliphatic carbocycles. The average molecular weight is 300 g/mol. The van der Waals surface area contributed by atoms with Crippen LogP contribution >= 0.6 is 23.2 Å². The molecular formula is C13H12Cl2FN3. The summed E-state index contributed by atoms with van der Waals surface area (Å²) in [5.41, 5.74) is 1.45. The summed E-state index contributed by atoms with van der Waals surface area (Å²) < 4.78 is 13.1. The molecule has 19 heavy (non-hydrogen) atoms. The molecule has 0 spiro atoms. The Balaban J connectivity index is 2.38. The van der Waals surface area contributed by atoms with Crippen LogP contribution in [0, 0.1) is 5.82 Å². The third kappa shape index (κ3) is 3.14. The Labute approximate surface area is 120 Å². The molecule has 0 fully saturated rings. The van der Waals surface area contributed by atoms with Gasteiger partial charge in [-0.25, -0.2) is 14.4 Å². The molecule has 1 aromatic heterocycles. The number of rotatable bonds is 3. The number of aromatic nitrogens is 2. The van der Waals surface area contributed by atoms with Crippen LogP contribution in [-0.4, -0.2) is 9.97 Å². The monoisotopic (exact) mass is 299 g/mol. The maximum Gasteiger partial charge on any atom is 0.141 e. The standard InChI is InChI=1S/C13H12Cl2FN3/c1-7(2)11-12(15)17-6-18-13(11)19-8-3-4-10(16)9(14)5-8/h3-7H,1-2H3,(H,17,18,19). The Morgan fingerprint density at radius 2 is 1.95 bits per heavy atom. The van der Waals surface area contributed by atoms with E-state index in [1.54, 1.807) is 6.07 Å². The van der Waals surface area contributed by atoms with Gasteiger partial charge in [-0.05, 0) is 24.1 Å². The summed E-state index contributed by atoms with van der Waals surface area (Å²) in [6.07, 6.45) is 1.38. The predicted octanol–water partition coefficient (Wildman–Crippen LogP) is 4.79. The van der Waals surface area contributed by atoms with Crippen LogP contribution in [0.5, 0.6) is 0 Å². The molecule has 1 N–H and O–H groups in total. The molecule has 0 radical (unpaired) electrons. The van der Waals surface area contributed by atoms with Crippen molar-refractivity contribution < 1.29 is 4.39 Å². The molecule has 1 aromatic carbocycles. The summed E-state index contributed by atoms with van der Waals surface area (Å²) in [5, 5.41) is 3.53. The van der Waals surface area contributed by atoms with Crippen molar-refractivity contribution in [2.24, 2.45) is 0 Å². The van der Waals surface area contributed by atoms with Crippen LogP contribution in [-0.2, 0) is 0 Å². The van der Waals surface area contributed by atoms with Gasteiger partial charge in [0.1, 0.15) is 23.1 Å². The van der Waals surface area contributed by atoms with E-state index in [9.17, 15) is 4.39 Å². The minimum Gasteiger partial charge on any atom is -0.340 e. The SMILES string of the molecule is CC(C)c1c(Cl)ncnc1Nc1ccc(F)c(Cl)c1. The van der Waals surface area contributed by atoms with E-state index in [0.29, 0.717) is 16.7 Å². The second kappa shape index (κ2) is 5.72. The molecule has 6 heteroatoms. The number of nitrogens with zero attached hydrogens (tertiary/aromatic N) is 2. The fraction of sp³-hybridized carbons (Fsp3) is 0.231. The van der Waals surface area contributed by atoms with Crippen molar-refractivity contribution in [1.82, 2.24) is 9.97 Å². The van der Waals surface area contributed by atoms with Crippen LogP contribution < -0.4 is 5.32 Å². The Morgan fingerprint density at radius 3 is 2.58 bits per heavy atom. The van der Waals surface area contributed by atoms with Crippen LogP contribution in [0.2, 0.25) is 10.2 Å². The van der Waals surface area contributed by atoms with E-state index in [1.165, 1.54) is 18.5 Å². The van der Waals surface area contributed by atoms with Crippen LogP contribution in [0.3, 0.4) is 0 Å². The average Bonchev–Trinajstić information content (AvgIpc) is 2.33. The number of benzene rings is 1. The fourth-order valence-corrected chi connectivity index (χ4v) is 2.23. The van der Waals surface area contributed by atoms with Gasteiger partial charge in [-0.1, -0.05) is 37.0 Å². The molecule has 0 aliphatic heterocycles. The molecule has 3 nitrogen and oxygen atoms in total. The lowest BCUT2D eigenvalue weighted by atomic mass is 10.1. The van der Waals surface area contributed by atoms with Crippen molar-refractivity contribution in [3.05, 3.63) is 46.1 Å². The molecule has 2 aromatic rings. The van der Waals surface area contributed by atoms with Crippen LogP contribution in [0.1, 0.15) is 25.3 Å². The number of hydrogen-bond donors (Lipinski definition) is 1. The van der Waals surface area contributed by atoms with Crippen molar-refractivity contribution in [3.8, 4) is 0 Å². The molecule has 0 unspecified atom stereocenters. The minimum absolute atomic E-state index is 0.0521. The van der Waals surface area contributed by atoms with Gasteiger partial charge in [-0.3, -0.25) is 0 Å². The van der Waals surface area contributed by atoms with Crippen LogP contribution in [0.15, 0.2) is 24.5 Å². The van der Waals surface area contributed by atoms with Crippen molar-refractivity contribution in [2.45, 2.75) is 19.8 Å². The normalized spacial score (nSPS) is 10.8. The maximum atomic E-state index is 13.1. The van der Waals surface area contributed by atoms with Crippen LogP contribution in [0.25, 0.3) is 0 Å². The van der Waals surface area contributed by atoms with Gasteiger partial charge >= 0.3 is 0 Å². The second-order valence-corrected chi connectivity index (χ2v) is 5.10. The van der Waals surface area contributed by atoms with Crippen molar-refractivity contribution >= 4 is 34.7 Å². The highest BCUT2D eigenvalue weighted by Crippen LogP contribution is 2.30. The highest BCUT2D eigenvalue weighted by Gasteiger charge is 2.14. The molecule has 0 saturated heterocycles. The maximum absolute atomic E-state index is 13.1. The van der Waals surface area contributed by atoms with Gasteiger partial charge in [0.25, 0.3) is 0 Å². The first-order valence-electron chi connectivity index (χ1n) is 5.71. The second-order valence-electron chi connectivity index (χ2n) is 4.34. The lowest BCUT2D eigenvalue weighted by Crippen LogP contribution is -2.03. The largest absolute Gasteiger partial charge is 0.340 e. The van der Waals surface area contributed by atoms with E-state index in [1.807, 2.05) is 13.8 Å². The van der Waals surface area contributed by atoms with E-state index in [0.717, 1.165) is 5.56 Å². The molecule has 0 bridgehead atoms. The van der Waals surface area contributed by atoms with E-state index in [-0.39, 0.29) is 10.9 Å². The molecule has 0 aliphatic rings. The molecule has 0 saturated carbocycles. The number of hydrogen-bond acceptors (Lipinski definition) is 3. The number of halogens is 3. The molecule has 0 atom stereocenters. The van der Waals surface area contributed by atoms with E-state index in [4.69, 9.17) is 23.2 Å². The summed E-state index contributed by atoms with van der Waals surface area (Å²) in [6.45, 7) is 3.99. The Hall–Kier alpha value is -1.39. The van der Waals surface area contributed by atoms with Gasteiger partial charge in [0.15, 0.2) is 0 Å². The topological polar surface area (TPSA) is 37.8 Å². The summed E-state index contributed by atoms with van der Waals surface area (Å²) in [5.74, 6) is 0.293. The van der Waals surface area contributed by atoms with Gasteiger partial charge in [-0.15, -0.1) is 0 Å². The first-order valence-corrected chi connectivity index (χ1v) is 6.47. The van der Waals surface area contributed by atoms with Gasteiger partial charge < -0.3 is 5.32 Å². The molecule has 2 rings (SSSR count). The van der Waals surface area contributed by atoms with Crippen molar-refractivity contribution in [3.63, 3.8) is 0 Å². The molecule has 1 heterocycles. The number of anilines is 2. The zero-order valence-corrected chi connectivity index (χ0v) is 11.9. The summed E-state index contributed by atoms with van der Waals surface area (Å²) >= 11 is 11.8. The molecular weight excluding hydrogens is 288 g/mol. The van der Waals surface area contributed by atoms with Crippen molar-refractivity contribution in [1.29, 1.82) is 0 Å². The minimum atomic E-state index is -0.461. The fourth-order valence-electron chi connectivity index (χ4n) is 1.70. The van der Waals surface area contributed by atoms with Crippen LogP contribution in [0.4, 0.5) is 15.9 Å². The third-order valence-electron chi connectivity index (χ3n) is 2.59. The van der Waals surface area contributed by atoms with Gasteiger partial charge in [0.2, 0.25) is 0 Å². The lowest BCUT2D eigenvalue weighted by Gasteiger charge is -2.14. The zero-order chi connectivity index (χ0) is 14.0. The summed E-state index contributed by atoms with van der Waals surface area (Å²) in [6, 6.07) is 4.38. The summed E-state index contributed by atoms with van der Waals surface area (Å²) in [4.78, 5) is 8.13. The number of nitrogens with one attached hydrogen (secondary N) is 1. The van der Waals surface area contributed by atoms with E-state index >= 15 is 0 Å². The van der Waals surface area contributed by atoms with Gasteiger partial charge in [-0.2, -0.15) is 0 Å². The predicted molar refractivity (Wildman–Crippen MR) is 75.8 cm³/mol. The smallest absolute Gasteiger partial charge is 0.141 e. The first kappa shape index (κ1) is 14.0. The Bertz CT molecular complexity index is 602. The zero-order valence-electron chi connectivity index (χ0n) is 10.4. The molecule has 0 amide bonds. The highest BCUT2D eigenvalue weighted by atomic mass is 35.5. The summed E-state index contributed by atoms with van der Waals surface area (Å²) in [7, 11) is 0. The van der Waals surface area contributed by atoms with E-state index in [2.05, 4.69) is 15.3 Å². The molecule has 100 valence electrons. The Kier molecular flexibility index (Phi) is 4.22. The highest BCUT2D eigenvalue weighted by molar-refractivity contribution is 6.31. The van der Waals surface area contributed by atoms with Gasteiger partial charge in [0.05, 0.1) is 5.02 Å². The van der Waals surface area contributed by atoms with Crippen molar-refractivity contribution in [2.75, 3.05) is 5.32 Å². The Morgan fingerprint density at radius 1 is 1.21 bits per heavy atom. The quantitative estimate of drug-likeness (QED) is 0.828. The van der Waals surface area contributed by atoms with E-state index < -0.39 is 5.82 Å². The van der Waals surface area contributed by atoms with Gasteiger partial charge in [0, 0.05) is 11.3 Å². The first-order chi connectivity index (χ1) is 8.99. The third-order valence-corrected chi connectivity index (χ3v) is 3.19.